The highest BCUT2D eigenvalue weighted by atomic mass is 16.5. The molecule has 0 aromatic carbocycles. The summed E-state index contributed by atoms with van der Waals surface area (Å²) in [6.07, 6.45) is 2.05. The quantitative estimate of drug-likeness (QED) is 0.799. The third-order valence-corrected chi connectivity index (χ3v) is 3.99. The highest BCUT2D eigenvalue weighted by Crippen LogP contribution is 2.30. The molecule has 3 atom stereocenters. The van der Waals surface area contributed by atoms with E-state index < -0.39 is 0 Å². The summed E-state index contributed by atoms with van der Waals surface area (Å²) in [7, 11) is 0. The van der Waals surface area contributed by atoms with Gasteiger partial charge in [-0.1, -0.05) is 6.92 Å². The van der Waals surface area contributed by atoms with Crippen LogP contribution in [0.1, 0.15) is 31.5 Å². The lowest BCUT2D eigenvalue weighted by molar-refractivity contribution is 0.0453. The van der Waals surface area contributed by atoms with Gasteiger partial charge in [0.2, 0.25) is 5.95 Å². The van der Waals surface area contributed by atoms with Gasteiger partial charge < -0.3 is 15.4 Å². The second-order valence-corrected chi connectivity index (χ2v) is 5.46. The molecular formula is C12H21N5O. The van der Waals surface area contributed by atoms with Gasteiger partial charge in [0.15, 0.2) is 0 Å². The molecule has 1 aromatic heterocycles. The highest BCUT2D eigenvalue weighted by molar-refractivity contribution is 5.31. The van der Waals surface area contributed by atoms with Crippen molar-refractivity contribution in [2.45, 2.75) is 31.7 Å². The summed E-state index contributed by atoms with van der Waals surface area (Å²) in [5.41, 5.74) is 5.91. The van der Waals surface area contributed by atoms with Crippen molar-refractivity contribution in [3.05, 3.63) is 5.82 Å². The first-order valence-electron chi connectivity index (χ1n) is 6.74. The van der Waals surface area contributed by atoms with Crippen LogP contribution in [0, 0.1) is 5.92 Å². The molecule has 3 N–H and O–H groups in total. The Morgan fingerprint density at radius 3 is 3.06 bits per heavy atom. The van der Waals surface area contributed by atoms with Crippen LogP contribution in [-0.4, -0.2) is 47.5 Å². The molecule has 0 amide bonds. The fourth-order valence-corrected chi connectivity index (χ4v) is 2.83. The molecule has 100 valence electrons. The predicted molar refractivity (Wildman–Crippen MR) is 68.5 cm³/mol. The number of hydrogen-bond donors (Lipinski definition) is 2. The van der Waals surface area contributed by atoms with Crippen molar-refractivity contribution in [2.75, 3.05) is 31.2 Å². The third kappa shape index (κ3) is 2.22. The first kappa shape index (κ1) is 11.9. The van der Waals surface area contributed by atoms with Crippen LogP contribution in [0.3, 0.4) is 0 Å². The summed E-state index contributed by atoms with van der Waals surface area (Å²) >= 11 is 0. The zero-order valence-corrected chi connectivity index (χ0v) is 10.8. The van der Waals surface area contributed by atoms with Gasteiger partial charge in [0, 0.05) is 38.3 Å². The number of aromatic nitrogens is 3. The van der Waals surface area contributed by atoms with Crippen LogP contribution in [-0.2, 0) is 4.74 Å². The third-order valence-electron chi connectivity index (χ3n) is 3.99. The molecule has 3 heterocycles. The van der Waals surface area contributed by atoms with E-state index in [9.17, 15) is 0 Å². The van der Waals surface area contributed by atoms with Crippen molar-refractivity contribution in [2.24, 2.45) is 11.7 Å². The maximum atomic E-state index is 5.91. The molecule has 2 aliphatic heterocycles. The van der Waals surface area contributed by atoms with Crippen molar-refractivity contribution in [1.82, 2.24) is 15.2 Å². The Labute approximate surface area is 107 Å². The Kier molecular flexibility index (Phi) is 3.22. The fraction of sp³-hybridized carbons (Fsp3) is 0.833. The molecule has 1 aromatic rings. The summed E-state index contributed by atoms with van der Waals surface area (Å²) in [5.74, 6) is 2.74. The lowest BCUT2D eigenvalue weighted by atomic mass is 9.89. The van der Waals surface area contributed by atoms with Gasteiger partial charge in [0.05, 0.1) is 0 Å². The highest BCUT2D eigenvalue weighted by Gasteiger charge is 2.28. The average Bonchev–Trinajstić information content (AvgIpc) is 2.98. The number of hydrogen-bond acceptors (Lipinski definition) is 5. The van der Waals surface area contributed by atoms with E-state index in [0.29, 0.717) is 11.8 Å². The molecule has 0 aliphatic carbocycles. The Morgan fingerprint density at radius 1 is 1.44 bits per heavy atom. The Hall–Kier alpha value is -1.14. The minimum Gasteiger partial charge on any atom is -0.381 e. The number of nitrogens with zero attached hydrogens (tertiary/aromatic N) is 3. The first-order chi connectivity index (χ1) is 8.74. The number of H-pyrrole nitrogens is 1. The Balaban J connectivity index is 1.72. The number of nitrogens with one attached hydrogen (secondary N) is 1. The normalized spacial score (nSPS) is 33.0. The molecule has 0 radical (unpaired) electrons. The van der Waals surface area contributed by atoms with Gasteiger partial charge in [-0.3, -0.25) is 5.10 Å². The van der Waals surface area contributed by atoms with Crippen LogP contribution in [0.2, 0.25) is 0 Å². The monoisotopic (exact) mass is 251 g/mol. The molecule has 2 fully saturated rings. The molecule has 0 bridgehead atoms. The molecule has 2 aliphatic rings. The molecule has 6 nitrogen and oxygen atoms in total. The average molecular weight is 251 g/mol. The molecule has 0 saturated carbocycles. The summed E-state index contributed by atoms with van der Waals surface area (Å²) in [5, 5.41) is 7.43. The summed E-state index contributed by atoms with van der Waals surface area (Å²) in [4.78, 5) is 6.81. The molecule has 0 spiro atoms. The Bertz CT molecular complexity index is 407. The lowest BCUT2D eigenvalue weighted by Crippen LogP contribution is -2.27. The van der Waals surface area contributed by atoms with Gasteiger partial charge in [-0.25, -0.2) is 0 Å². The van der Waals surface area contributed by atoms with Gasteiger partial charge in [0.25, 0.3) is 0 Å². The largest absolute Gasteiger partial charge is 0.381 e. The van der Waals surface area contributed by atoms with E-state index >= 15 is 0 Å². The van der Waals surface area contributed by atoms with E-state index in [1.165, 1.54) is 0 Å². The van der Waals surface area contributed by atoms with E-state index in [1.54, 1.807) is 0 Å². The van der Waals surface area contributed by atoms with Crippen LogP contribution in [0.15, 0.2) is 0 Å². The van der Waals surface area contributed by atoms with E-state index in [0.717, 1.165) is 50.9 Å². The minimum atomic E-state index is 0.258. The molecule has 3 unspecified atom stereocenters. The summed E-state index contributed by atoms with van der Waals surface area (Å²) in [6, 6.07) is 0.258. The topological polar surface area (TPSA) is 80.1 Å². The maximum absolute atomic E-state index is 5.91. The van der Waals surface area contributed by atoms with E-state index in [1.807, 2.05) is 0 Å². The number of anilines is 1. The predicted octanol–water partition coefficient (Wildman–Crippen LogP) is 0.482. The van der Waals surface area contributed by atoms with Crippen molar-refractivity contribution < 1.29 is 4.74 Å². The summed E-state index contributed by atoms with van der Waals surface area (Å²) < 4.78 is 5.47. The molecular weight excluding hydrogens is 230 g/mol. The lowest BCUT2D eigenvalue weighted by Gasteiger charge is -2.26. The van der Waals surface area contributed by atoms with Crippen LogP contribution in [0.5, 0.6) is 0 Å². The van der Waals surface area contributed by atoms with E-state index in [2.05, 4.69) is 27.0 Å². The molecule has 2 saturated heterocycles. The van der Waals surface area contributed by atoms with Crippen molar-refractivity contribution >= 4 is 5.95 Å². The number of aromatic amines is 1. The second kappa shape index (κ2) is 4.85. The molecule has 6 heteroatoms. The van der Waals surface area contributed by atoms with Gasteiger partial charge in [-0.2, -0.15) is 4.98 Å². The molecule has 3 rings (SSSR count). The van der Waals surface area contributed by atoms with E-state index in [-0.39, 0.29) is 6.04 Å². The number of nitrogens with two attached hydrogens (primary N) is 1. The van der Waals surface area contributed by atoms with Crippen molar-refractivity contribution in [3.63, 3.8) is 0 Å². The smallest absolute Gasteiger partial charge is 0.244 e. The van der Waals surface area contributed by atoms with Crippen molar-refractivity contribution in [3.8, 4) is 0 Å². The zero-order chi connectivity index (χ0) is 12.5. The maximum Gasteiger partial charge on any atom is 0.244 e. The van der Waals surface area contributed by atoms with Crippen LogP contribution >= 0.6 is 0 Å². The zero-order valence-electron chi connectivity index (χ0n) is 10.8. The minimum absolute atomic E-state index is 0.258. The van der Waals surface area contributed by atoms with Crippen molar-refractivity contribution in [1.29, 1.82) is 0 Å². The van der Waals surface area contributed by atoms with Gasteiger partial charge in [-0.05, 0) is 18.8 Å². The molecule has 18 heavy (non-hydrogen) atoms. The van der Waals surface area contributed by atoms with Gasteiger partial charge >= 0.3 is 0 Å². The number of ether oxygens (including phenoxy) is 1. The number of rotatable bonds is 2. The van der Waals surface area contributed by atoms with Gasteiger partial charge in [0.1, 0.15) is 5.82 Å². The standard InChI is InChI=1S/C12H21N5O/c1-8-7-18-5-3-10(8)11-14-12(16-15-11)17-4-2-9(13)6-17/h8-10H,2-7,13H2,1H3,(H,14,15,16). The SMILES string of the molecule is CC1COCCC1c1nc(N2CCC(N)C2)n[nH]1. The Morgan fingerprint density at radius 2 is 2.33 bits per heavy atom. The van der Waals surface area contributed by atoms with Crippen LogP contribution in [0.25, 0.3) is 0 Å². The van der Waals surface area contributed by atoms with Crippen LogP contribution in [0.4, 0.5) is 5.95 Å². The van der Waals surface area contributed by atoms with Crippen LogP contribution < -0.4 is 10.6 Å². The van der Waals surface area contributed by atoms with E-state index in [4.69, 9.17) is 10.5 Å². The summed E-state index contributed by atoms with van der Waals surface area (Å²) in [6.45, 7) is 5.66. The first-order valence-corrected chi connectivity index (χ1v) is 6.74. The second-order valence-electron chi connectivity index (χ2n) is 5.46. The fourth-order valence-electron chi connectivity index (χ4n) is 2.83. The van der Waals surface area contributed by atoms with Gasteiger partial charge in [-0.15, -0.1) is 5.10 Å².